The summed E-state index contributed by atoms with van der Waals surface area (Å²) < 4.78 is 5.06. The Morgan fingerprint density at radius 3 is 2.67 bits per heavy atom. The third-order valence-corrected chi connectivity index (χ3v) is 2.81. The molecule has 0 saturated heterocycles. The molecule has 0 heterocycles. The highest BCUT2D eigenvalue weighted by Crippen LogP contribution is 2.22. The third-order valence-electron chi connectivity index (χ3n) is 2.81. The highest BCUT2D eigenvalue weighted by Gasteiger charge is 2.16. The topological polar surface area (TPSA) is 84.6 Å². The van der Waals surface area contributed by atoms with Gasteiger partial charge in [0.25, 0.3) is 5.91 Å². The molecule has 1 amide bonds. The molecule has 0 radical (unpaired) electrons. The molecule has 1 rings (SSSR count). The molecule has 100 valence electrons. The van der Waals surface area contributed by atoms with Crippen LogP contribution in [0.1, 0.15) is 24.2 Å². The monoisotopic (exact) mass is 252 g/mol. The molecule has 18 heavy (non-hydrogen) atoms. The van der Waals surface area contributed by atoms with Gasteiger partial charge in [-0.05, 0) is 24.1 Å². The van der Waals surface area contributed by atoms with Crippen LogP contribution >= 0.6 is 0 Å². The first-order chi connectivity index (χ1) is 8.49. The lowest BCUT2D eigenvalue weighted by Gasteiger charge is -2.20. The minimum Gasteiger partial charge on any atom is -0.495 e. The smallest absolute Gasteiger partial charge is 0.251 e. The van der Waals surface area contributed by atoms with E-state index in [4.69, 9.17) is 10.5 Å². The van der Waals surface area contributed by atoms with Gasteiger partial charge in [0, 0.05) is 5.56 Å². The second kappa shape index (κ2) is 6.26. The zero-order valence-electron chi connectivity index (χ0n) is 10.9. The fraction of sp³-hybridized carbons (Fsp3) is 0.462. The van der Waals surface area contributed by atoms with Crippen LogP contribution in [0.25, 0.3) is 0 Å². The largest absolute Gasteiger partial charge is 0.495 e. The molecule has 1 aromatic rings. The number of aliphatic hydroxyl groups is 1. The van der Waals surface area contributed by atoms with Crippen molar-refractivity contribution in [2.45, 2.75) is 19.9 Å². The summed E-state index contributed by atoms with van der Waals surface area (Å²) in [6.45, 7) is 3.78. The quantitative estimate of drug-likeness (QED) is 0.683. The molecular weight excluding hydrogens is 232 g/mol. The van der Waals surface area contributed by atoms with Crippen molar-refractivity contribution in [3.8, 4) is 5.75 Å². The van der Waals surface area contributed by atoms with Gasteiger partial charge in [-0.25, -0.2) is 0 Å². The number of nitrogens with two attached hydrogens (primary N) is 1. The van der Waals surface area contributed by atoms with E-state index in [-0.39, 0.29) is 24.5 Å². The van der Waals surface area contributed by atoms with E-state index < -0.39 is 0 Å². The standard InChI is InChI=1S/C13H20N2O3/c1-8(2)11(7-16)15-13(17)9-4-5-10(14)12(6-9)18-3/h4-6,8,11,16H,7,14H2,1-3H3,(H,15,17)/t11-/m1/s1. The number of nitrogen functional groups attached to an aromatic ring is 1. The molecule has 4 N–H and O–H groups in total. The van der Waals surface area contributed by atoms with Crippen LogP contribution in [-0.2, 0) is 0 Å². The number of anilines is 1. The van der Waals surface area contributed by atoms with Crippen molar-refractivity contribution in [1.82, 2.24) is 5.32 Å². The number of nitrogens with one attached hydrogen (secondary N) is 1. The highest BCUT2D eigenvalue weighted by molar-refractivity contribution is 5.95. The van der Waals surface area contributed by atoms with E-state index in [1.807, 2.05) is 13.8 Å². The minimum absolute atomic E-state index is 0.0878. The second-order valence-electron chi connectivity index (χ2n) is 4.46. The van der Waals surface area contributed by atoms with E-state index in [0.717, 1.165) is 0 Å². The number of hydrogen-bond acceptors (Lipinski definition) is 4. The Balaban J connectivity index is 2.84. The summed E-state index contributed by atoms with van der Waals surface area (Å²) in [7, 11) is 1.50. The van der Waals surface area contributed by atoms with E-state index in [1.165, 1.54) is 7.11 Å². The number of aliphatic hydroxyl groups excluding tert-OH is 1. The molecule has 0 aliphatic rings. The first kappa shape index (κ1) is 14.3. The molecule has 5 heteroatoms. The van der Waals surface area contributed by atoms with Gasteiger partial charge in [0.15, 0.2) is 0 Å². The first-order valence-electron chi connectivity index (χ1n) is 5.84. The van der Waals surface area contributed by atoms with Crippen molar-refractivity contribution >= 4 is 11.6 Å². The summed E-state index contributed by atoms with van der Waals surface area (Å²) in [4.78, 5) is 12.0. The van der Waals surface area contributed by atoms with Crippen LogP contribution in [-0.4, -0.2) is 30.8 Å². The van der Waals surface area contributed by atoms with Crippen molar-refractivity contribution < 1.29 is 14.6 Å². The Labute approximate surface area is 107 Å². The number of ether oxygens (including phenoxy) is 1. The number of hydrogen-bond donors (Lipinski definition) is 3. The predicted molar refractivity (Wildman–Crippen MR) is 70.6 cm³/mol. The number of methoxy groups -OCH3 is 1. The van der Waals surface area contributed by atoms with Gasteiger partial charge in [0.1, 0.15) is 5.75 Å². The second-order valence-corrected chi connectivity index (χ2v) is 4.46. The van der Waals surface area contributed by atoms with E-state index in [9.17, 15) is 9.90 Å². The normalized spacial score (nSPS) is 12.3. The van der Waals surface area contributed by atoms with Crippen LogP contribution in [0, 0.1) is 5.92 Å². The van der Waals surface area contributed by atoms with Crippen molar-refractivity contribution in [2.24, 2.45) is 5.92 Å². The zero-order chi connectivity index (χ0) is 13.7. The lowest BCUT2D eigenvalue weighted by molar-refractivity contribution is 0.0896. The fourth-order valence-electron chi connectivity index (χ4n) is 1.53. The van der Waals surface area contributed by atoms with Crippen LogP contribution in [0.5, 0.6) is 5.75 Å². The van der Waals surface area contributed by atoms with Crippen LogP contribution in [0.4, 0.5) is 5.69 Å². The van der Waals surface area contributed by atoms with Gasteiger partial charge in [-0.3, -0.25) is 4.79 Å². The lowest BCUT2D eigenvalue weighted by Crippen LogP contribution is -2.41. The maximum absolute atomic E-state index is 12.0. The van der Waals surface area contributed by atoms with Crippen molar-refractivity contribution in [3.63, 3.8) is 0 Å². The molecule has 5 nitrogen and oxygen atoms in total. The average Bonchev–Trinajstić information content (AvgIpc) is 2.35. The Morgan fingerprint density at radius 1 is 1.50 bits per heavy atom. The molecule has 1 atom stereocenters. The van der Waals surface area contributed by atoms with Crippen LogP contribution in [0.2, 0.25) is 0 Å². The molecule has 0 fully saturated rings. The van der Waals surface area contributed by atoms with E-state index in [2.05, 4.69) is 5.32 Å². The van der Waals surface area contributed by atoms with E-state index >= 15 is 0 Å². The Bertz CT molecular complexity index is 419. The first-order valence-corrected chi connectivity index (χ1v) is 5.84. The maximum Gasteiger partial charge on any atom is 0.251 e. The molecule has 0 bridgehead atoms. The van der Waals surface area contributed by atoms with Crippen LogP contribution in [0.3, 0.4) is 0 Å². The molecule has 0 aliphatic heterocycles. The lowest BCUT2D eigenvalue weighted by atomic mass is 10.0. The van der Waals surface area contributed by atoms with Gasteiger partial charge in [-0.1, -0.05) is 13.8 Å². The number of rotatable bonds is 5. The molecule has 0 unspecified atom stereocenters. The number of benzene rings is 1. The Morgan fingerprint density at radius 2 is 2.17 bits per heavy atom. The molecule has 0 spiro atoms. The number of carbonyl (C=O) groups is 1. The maximum atomic E-state index is 12.0. The molecule has 0 aromatic heterocycles. The highest BCUT2D eigenvalue weighted by atomic mass is 16.5. The van der Waals surface area contributed by atoms with E-state index in [0.29, 0.717) is 17.0 Å². The summed E-state index contributed by atoms with van der Waals surface area (Å²) >= 11 is 0. The molecule has 0 saturated carbocycles. The third kappa shape index (κ3) is 3.37. The van der Waals surface area contributed by atoms with Gasteiger partial charge in [-0.2, -0.15) is 0 Å². The minimum atomic E-state index is -0.263. The zero-order valence-corrected chi connectivity index (χ0v) is 10.9. The summed E-state index contributed by atoms with van der Waals surface area (Å²) in [6.07, 6.45) is 0. The van der Waals surface area contributed by atoms with E-state index in [1.54, 1.807) is 18.2 Å². The Hall–Kier alpha value is -1.75. The SMILES string of the molecule is COc1cc(C(=O)N[C@H](CO)C(C)C)ccc1N. The molecule has 1 aromatic carbocycles. The predicted octanol–water partition coefficient (Wildman–Crippen LogP) is 1.02. The summed E-state index contributed by atoms with van der Waals surface area (Å²) in [5.41, 5.74) is 6.62. The van der Waals surface area contributed by atoms with Gasteiger partial charge >= 0.3 is 0 Å². The van der Waals surface area contributed by atoms with Gasteiger partial charge in [-0.15, -0.1) is 0 Å². The summed E-state index contributed by atoms with van der Waals surface area (Å²) in [5, 5.41) is 11.9. The van der Waals surface area contributed by atoms with Gasteiger partial charge < -0.3 is 20.9 Å². The van der Waals surface area contributed by atoms with Crippen molar-refractivity contribution in [3.05, 3.63) is 23.8 Å². The van der Waals surface area contributed by atoms with Crippen molar-refractivity contribution in [2.75, 3.05) is 19.5 Å². The van der Waals surface area contributed by atoms with Gasteiger partial charge in [0.2, 0.25) is 0 Å². The van der Waals surface area contributed by atoms with Crippen LogP contribution < -0.4 is 15.8 Å². The van der Waals surface area contributed by atoms with Crippen LogP contribution in [0.15, 0.2) is 18.2 Å². The Kier molecular flexibility index (Phi) is 4.97. The molecular formula is C13H20N2O3. The number of amides is 1. The molecule has 0 aliphatic carbocycles. The summed E-state index contributed by atoms with van der Waals surface area (Å²) in [5.74, 6) is 0.378. The summed E-state index contributed by atoms with van der Waals surface area (Å²) in [6, 6.07) is 4.57. The van der Waals surface area contributed by atoms with Gasteiger partial charge in [0.05, 0.1) is 25.4 Å². The van der Waals surface area contributed by atoms with Crippen molar-refractivity contribution in [1.29, 1.82) is 0 Å². The number of carbonyl (C=O) groups excluding carboxylic acids is 1. The average molecular weight is 252 g/mol. The fourth-order valence-corrected chi connectivity index (χ4v) is 1.53.